The molecule has 0 bridgehead atoms. The highest BCUT2D eigenvalue weighted by molar-refractivity contribution is 5.96. The van der Waals surface area contributed by atoms with Crippen molar-refractivity contribution in [1.82, 2.24) is 0 Å². The van der Waals surface area contributed by atoms with Gasteiger partial charge >= 0.3 is 0 Å². The van der Waals surface area contributed by atoms with Gasteiger partial charge in [0.05, 0.1) is 11.4 Å². The summed E-state index contributed by atoms with van der Waals surface area (Å²) in [5, 5.41) is 0. The Hall–Kier alpha value is -4.88. The fourth-order valence-corrected chi connectivity index (χ4v) is 10.6. The molecule has 3 aliphatic rings. The van der Waals surface area contributed by atoms with E-state index in [1.807, 2.05) is 0 Å². The van der Waals surface area contributed by atoms with E-state index in [2.05, 4.69) is 202 Å². The highest BCUT2D eigenvalue weighted by Gasteiger charge is 2.42. The van der Waals surface area contributed by atoms with Gasteiger partial charge in [0.1, 0.15) is 0 Å². The molecule has 0 unspecified atom stereocenters. The molecule has 1 nitrogen and oxygen atoms in total. The van der Waals surface area contributed by atoms with E-state index >= 15 is 0 Å². The summed E-state index contributed by atoms with van der Waals surface area (Å²) < 4.78 is 0. The van der Waals surface area contributed by atoms with E-state index in [4.69, 9.17) is 0 Å². The predicted octanol–water partition coefficient (Wildman–Crippen LogP) is 15.5. The van der Waals surface area contributed by atoms with E-state index < -0.39 is 0 Å². The molecule has 0 saturated heterocycles. The fourth-order valence-electron chi connectivity index (χ4n) is 10.6. The van der Waals surface area contributed by atoms with E-state index in [0.29, 0.717) is 0 Å². The number of nitrogens with zero attached hydrogens (tertiary/aromatic N) is 1. The van der Waals surface area contributed by atoms with Crippen LogP contribution in [0.1, 0.15) is 128 Å². The quantitative estimate of drug-likeness (QED) is 0.171. The number of fused-ring (bicyclic) bond motifs is 5. The molecule has 0 fully saturated rings. The smallest absolute Gasteiger partial charge is 0.0543 e. The molecule has 9 rings (SSSR count). The summed E-state index contributed by atoms with van der Waals surface area (Å²) >= 11 is 0. The maximum atomic E-state index is 2.64. The summed E-state index contributed by atoms with van der Waals surface area (Å²) in [6, 6.07) is 49.0. The van der Waals surface area contributed by atoms with Crippen LogP contribution in [0.3, 0.4) is 0 Å². The molecular formula is C55H59N. The van der Waals surface area contributed by atoms with E-state index in [1.165, 1.54) is 103 Å². The molecule has 3 aliphatic carbocycles. The Bertz CT molecular complexity index is 2490. The number of anilines is 3. The minimum absolute atomic E-state index is 0.0114. The summed E-state index contributed by atoms with van der Waals surface area (Å²) in [5.41, 5.74) is 20.5. The van der Waals surface area contributed by atoms with Crippen molar-refractivity contribution in [3.63, 3.8) is 0 Å². The molecule has 6 aromatic carbocycles. The van der Waals surface area contributed by atoms with Crippen molar-refractivity contribution in [3.05, 3.63) is 161 Å². The van der Waals surface area contributed by atoms with Crippen molar-refractivity contribution in [2.45, 2.75) is 122 Å². The van der Waals surface area contributed by atoms with Gasteiger partial charge in [0.15, 0.2) is 0 Å². The average molecular weight is 734 g/mol. The fraction of sp³-hybridized carbons (Fsp3) is 0.345. The van der Waals surface area contributed by atoms with Crippen molar-refractivity contribution in [2.24, 2.45) is 0 Å². The zero-order valence-electron chi connectivity index (χ0n) is 35.4. The first-order chi connectivity index (χ1) is 26.5. The molecule has 1 heteroatoms. The van der Waals surface area contributed by atoms with Gasteiger partial charge in [-0.15, -0.1) is 0 Å². The third kappa shape index (κ3) is 5.71. The Labute approximate surface area is 336 Å². The second-order valence-corrected chi connectivity index (χ2v) is 20.3. The molecule has 0 aromatic heterocycles. The van der Waals surface area contributed by atoms with Crippen LogP contribution < -0.4 is 4.90 Å². The van der Waals surface area contributed by atoms with Gasteiger partial charge in [0, 0.05) is 16.7 Å². The topological polar surface area (TPSA) is 3.24 Å². The third-order valence-corrected chi connectivity index (χ3v) is 14.4. The van der Waals surface area contributed by atoms with E-state index in [9.17, 15) is 0 Å². The van der Waals surface area contributed by atoms with Crippen LogP contribution in [0, 0.1) is 0 Å². The molecule has 0 atom stereocenters. The van der Waals surface area contributed by atoms with Crippen LogP contribution in [-0.4, -0.2) is 0 Å². The first-order valence-electron chi connectivity index (χ1n) is 21.0. The van der Waals surface area contributed by atoms with E-state index in [-0.39, 0.29) is 27.1 Å². The van der Waals surface area contributed by atoms with E-state index in [1.54, 1.807) is 0 Å². The van der Waals surface area contributed by atoms with Crippen molar-refractivity contribution in [1.29, 1.82) is 0 Å². The number of rotatable bonds is 5. The molecule has 0 heterocycles. The molecule has 0 saturated carbocycles. The predicted molar refractivity (Wildman–Crippen MR) is 240 cm³/mol. The molecule has 0 N–H and O–H groups in total. The van der Waals surface area contributed by atoms with Crippen LogP contribution in [0.25, 0.3) is 33.4 Å². The largest absolute Gasteiger partial charge is 0.310 e. The second-order valence-electron chi connectivity index (χ2n) is 20.3. The van der Waals surface area contributed by atoms with Crippen LogP contribution in [0.15, 0.2) is 127 Å². The monoisotopic (exact) mass is 733 g/mol. The highest BCUT2D eigenvalue weighted by atomic mass is 15.1. The normalized spacial score (nSPS) is 19.0. The Morgan fingerprint density at radius 2 is 0.929 bits per heavy atom. The van der Waals surface area contributed by atoms with Gasteiger partial charge in [-0.2, -0.15) is 0 Å². The molecule has 0 spiro atoms. The Morgan fingerprint density at radius 3 is 1.64 bits per heavy atom. The van der Waals surface area contributed by atoms with Crippen molar-refractivity contribution < 1.29 is 0 Å². The van der Waals surface area contributed by atoms with Crippen LogP contribution in [0.5, 0.6) is 0 Å². The van der Waals surface area contributed by atoms with E-state index in [0.717, 1.165) is 6.42 Å². The van der Waals surface area contributed by atoms with Crippen molar-refractivity contribution in [2.75, 3.05) is 4.90 Å². The minimum atomic E-state index is -0.138. The maximum Gasteiger partial charge on any atom is 0.0543 e. The zero-order valence-corrected chi connectivity index (χ0v) is 35.4. The summed E-state index contributed by atoms with van der Waals surface area (Å²) in [7, 11) is 0. The first kappa shape index (κ1) is 36.7. The Kier molecular flexibility index (Phi) is 8.24. The second kappa shape index (κ2) is 12.6. The van der Waals surface area contributed by atoms with Crippen molar-refractivity contribution in [3.8, 4) is 33.4 Å². The van der Waals surface area contributed by atoms with Crippen LogP contribution >= 0.6 is 0 Å². The van der Waals surface area contributed by atoms with Gasteiger partial charge in [-0.05, 0) is 139 Å². The van der Waals surface area contributed by atoms with Crippen LogP contribution in [0.4, 0.5) is 17.1 Å². The molecule has 0 aliphatic heterocycles. The van der Waals surface area contributed by atoms with Crippen LogP contribution in [-0.2, 0) is 27.1 Å². The number of hydrogen-bond acceptors (Lipinski definition) is 1. The molecule has 0 radical (unpaired) electrons. The molecule has 0 amide bonds. The lowest BCUT2D eigenvalue weighted by Crippen LogP contribution is -2.35. The summed E-state index contributed by atoms with van der Waals surface area (Å²) in [5.74, 6) is 0. The number of hydrogen-bond donors (Lipinski definition) is 0. The van der Waals surface area contributed by atoms with Crippen LogP contribution in [0.2, 0.25) is 0 Å². The highest BCUT2D eigenvalue weighted by Crippen LogP contribution is 2.57. The SMILES string of the molecule is CC1(C)CCC(C)(C)c2cc(-c3cc4c(cc3N(c3ccc(-c5ccccc5)cc3)c3cccc5c3C(C)(C)CCC5(C)C)C(C)(C)c3ccccc3-4)ccc21. The summed E-state index contributed by atoms with van der Waals surface area (Å²) in [6.07, 6.45) is 4.73. The van der Waals surface area contributed by atoms with Gasteiger partial charge in [-0.1, -0.05) is 166 Å². The van der Waals surface area contributed by atoms with Crippen molar-refractivity contribution >= 4 is 17.1 Å². The maximum absolute atomic E-state index is 2.64. The zero-order chi connectivity index (χ0) is 39.4. The summed E-state index contributed by atoms with van der Waals surface area (Å²) in [4.78, 5) is 2.64. The Morgan fingerprint density at radius 1 is 0.357 bits per heavy atom. The molecule has 6 aromatic rings. The van der Waals surface area contributed by atoms with Gasteiger partial charge in [-0.3, -0.25) is 0 Å². The lowest BCUT2D eigenvalue weighted by Gasteiger charge is -2.45. The third-order valence-electron chi connectivity index (χ3n) is 14.4. The van der Waals surface area contributed by atoms with Gasteiger partial charge in [-0.25, -0.2) is 0 Å². The lowest BCUT2D eigenvalue weighted by atomic mass is 9.62. The summed E-state index contributed by atoms with van der Waals surface area (Å²) in [6.45, 7) is 24.4. The van der Waals surface area contributed by atoms with Gasteiger partial charge in [0.25, 0.3) is 0 Å². The standard InChI is InChI=1S/C55H59N/c1-51(2)29-30-53(5,6)47-33-38(25-28-44(47)51)41-34-42-40-19-14-15-20-43(40)55(9,10)46(42)35-49(41)56(39-26-23-37(24-27-39)36-17-12-11-13-18-36)48-22-16-21-45-50(48)54(7,8)32-31-52(45,3)4/h11-28,33-35H,29-32H2,1-10H3. The number of benzene rings is 6. The average Bonchev–Trinajstić information content (AvgIpc) is 3.41. The minimum Gasteiger partial charge on any atom is -0.310 e. The molecule has 284 valence electrons. The lowest BCUT2D eigenvalue weighted by molar-refractivity contribution is 0.332. The molecular weight excluding hydrogens is 675 g/mol. The first-order valence-corrected chi connectivity index (χ1v) is 21.0. The van der Waals surface area contributed by atoms with Gasteiger partial charge < -0.3 is 4.90 Å². The molecule has 56 heavy (non-hydrogen) atoms. The Balaban J connectivity index is 1.37. The van der Waals surface area contributed by atoms with Gasteiger partial charge in [0.2, 0.25) is 0 Å².